The van der Waals surface area contributed by atoms with E-state index in [1.54, 1.807) is 24.0 Å². The van der Waals surface area contributed by atoms with Gasteiger partial charge in [-0.1, -0.05) is 12.1 Å². The first-order chi connectivity index (χ1) is 14.8. The monoisotopic (exact) mass is 427 g/mol. The van der Waals surface area contributed by atoms with Crippen molar-refractivity contribution < 1.29 is 23.8 Å². The van der Waals surface area contributed by atoms with Gasteiger partial charge in [-0.3, -0.25) is 14.4 Å². The number of halogens is 1. The van der Waals surface area contributed by atoms with Crippen molar-refractivity contribution in [3.05, 3.63) is 62.8 Å². The summed E-state index contributed by atoms with van der Waals surface area (Å²) in [6.07, 6.45) is 3.32. The van der Waals surface area contributed by atoms with Crippen LogP contribution in [0.5, 0.6) is 5.75 Å². The van der Waals surface area contributed by atoms with Crippen molar-refractivity contribution in [2.45, 2.75) is 57.6 Å². The maximum Gasteiger partial charge on any atom is 0.276 e. The Morgan fingerprint density at radius 2 is 2.13 bits per heavy atom. The zero-order valence-electron chi connectivity index (χ0n) is 16.9. The van der Waals surface area contributed by atoms with Crippen molar-refractivity contribution in [2.24, 2.45) is 0 Å². The summed E-state index contributed by atoms with van der Waals surface area (Å²) in [6.45, 7) is 1.86. The van der Waals surface area contributed by atoms with Crippen molar-refractivity contribution in [3.63, 3.8) is 0 Å². The number of hydrogen-bond acceptors (Lipinski definition) is 5. The highest BCUT2D eigenvalue weighted by molar-refractivity contribution is 5.99. The third-order valence-corrected chi connectivity index (χ3v) is 6.35. The van der Waals surface area contributed by atoms with Gasteiger partial charge in [-0.2, -0.15) is 0 Å². The number of aromatic hydroxyl groups is 1. The van der Waals surface area contributed by atoms with Crippen LogP contribution in [0, 0.1) is 12.7 Å². The molecule has 1 aromatic heterocycles. The highest BCUT2D eigenvalue weighted by atomic mass is 19.1. The van der Waals surface area contributed by atoms with E-state index in [1.807, 2.05) is 0 Å². The third kappa shape index (κ3) is 3.20. The first-order valence-electron chi connectivity index (χ1n) is 10.3. The summed E-state index contributed by atoms with van der Waals surface area (Å²) >= 11 is 0. The Balaban J connectivity index is 1.43. The number of carbonyl (C=O) groups is 2. The lowest BCUT2D eigenvalue weighted by atomic mass is 10.1. The van der Waals surface area contributed by atoms with E-state index in [1.165, 1.54) is 16.8 Å². The van der Waals surface area contributed by atoms with Crippen LogP contribution in [-0.4, -0.2) is 44.8 Å². The minimum atomic E-state index is -0.929. The van der Waals surface area contributed by atoms with Gasteiger partial charge in [0.1, 0.15) is 11.4 Å². The van der Waals surface area contributed by atoms with E-state index in [4.69, 9.17) is 4.74 Å². The molecule has 2 bridgehead atoms. The van der Waals surface area contributed by atoms with Crippen molar-refractivity contribution >= 4 is 11.8 Å². The molecule has 0 unspecified atom stereocenters. The second kappa shape index (κ2) is 7.19. The predicted molar refractivity (Wildman–Crippen MR) is 107 cm³/mol. The van der Waals surface area contributed by atoms with Gasteiger partial charge in [-0.05, 0) is 37.8 Å². The number of aryl methyl sites for hydroxylation is 1. The van der Waals surface area contributed by atoms with Gasteiger partial charge >= 0.3 is 0 Å². The smallest absolute Gasteiger partial charge is 0.276 e. The van der Waals surface area contributed by atoms with Gasteiger partial charge in [0, 0.05) is 24.3 Å². The molecule has 2 fully saturated rings. The highest BCUT2D eigenvalue weighted by Crippen LogP contribution is 2.38. The standard InChI is InChI=1S/C22H22FN3O5/c1-11-2-3-12(16(23)6-11)8-24-21(29)15-9-25-10-17-26(13-4-5-14(7-13)31-17)22(30)18(25)20(28)19(15)27/h2-3,6,9,13-14,17,28H,4-5,7-8,10H2,1H3,(H,24,29)/t13-,14+,17+/m1/s1. The van der Waals surface area contributed by atoms with E-state index in [0.717, 1.165) is 24.8 Å². The molecule has 0 spiro atoms. The molecular formula is C22H22FN3O5. The van der Waals surface area contributed by atoms with Crippen LogP contribution in [0.4, 0.5) is 4.39 Å². The third-order valence-electron chi connectivity index (χ3n) is 6.35. The van der Waals surface area contributed by atoms with Crippen molar-refractivity contribution in [1.82, 2.24) is 14.8 Å². The first-order valence-corrected chi connectivity index (χ1v) is 10.3. The molecule has 2 amide bonds. The Morgan fingerprint density at radius 1 is 1.32 bits per heavy atom. The molecule has 2 aromatic rings. The topological polar surface area (TPSA) is 101 Å². The van der Waals surface area contributed by atoms with Gasteiger partial charge in [0.2, 0.25) is 5.43 Å². The van der Waals surface area contributed by atoms with Crippen LogP contribution < -0.4 is 10.7 Å². The molecule has 1 saturated heterocycles. The molecule has 8 nitrogen and oxygen atoms in total. The van der Waals surface area contributed by atoms with Crippen molar-refractivity contribution in [3.8, 4) is 5.75 Å². The van der Waals surface area contributed by atoms with Gasteiger partial charge in [-0.15, -0.1) is 0 Å². The number of ether oxygens (including phenoxy) is 1. The fraction of sp³-hybridized carbons (Fsp3) is 0.409. The van der Waals surface area contributed by atoms with Crippen molar-refractivity contribution in [2.75, 3.05) is 0 Å². The van der Waals surface area contributed by atoms with Gasteiger partial charge in [0.15, 0.2) is 17.7 Å². The van der Waals surface area contributed by atoms with E-state index in [2.05, 4.69) is 5.32 Å². The van der Waals surface area contributed by atoms with Crippen LogP contribution in [-0.2, 0) is 17.8 Å². The molecular weight excluding hydrogens is 405 g/mol. The Labute approximate surface area is 177 Å². The average Bonchev–Trinajstić information content (AvgIpc) is 3.10. The second-order valence-corrected chi connectivity index (χ2v) is 8.39. The SMILES string of the molecule is Cc1ccc(CNC(=O)c2cn3c(c(O)c2=O)C(=O)N2[C@@H]4CC[C@@H](C4)O[C@H]2C3)c(F)c1. The molecule has 5 rings (SSSR count). The van der Waals surface area contributed by atoms with Gasteiger partial charge in [-0.25, -0.2) is 4.39 Å². The summed E-state index contributed by atoms with van der Waals surface area (Å²) in [6, 6.07) is 4.67. The van der Waals surface area contributed by atoms with Crippen molar-refractivity contribution in [1.29, 1.82) is 0 Å². The number of carbonyl (C=O) groups excluding carboxylic acids is 2. The summed E-state index contributed by atoms with van der Waals surface area (Å²) in [5.74, 6) is -2.43. The second-order valence-electron chi connectivity index (χ2n) is 8.39. The minimum Gasteiger partial charge on any atom is -0.503 e. The van der Waals surface area contributed by atoms with Gasteiger partial charge < -0.3 is 24.6 Å². The number of rotatable bonds is 3. The Morgan fingerprint density at radius 3 is 2.90 bits per heavy atom. The zero-order valence-corrected chi connectivity index (χ0v) is 16.9. The minimum absolute atomic E-state index is 0.0342. The molecule has 9 heteroatoms. The number of hydrogen-bond donors (Lipinski definition) is 2. The first kappa shape index (κ1) is 19.7. The highest BCUT2D eigenvalue weighted by Gasteiger charge is 2.47. The molecule has 3 aliphatic rings. The molecule has 2 aliphatic heterocycles. The van der Waals surface area contributed by atoms with E-state index in [9.17, 15) is 23.9 Å². The number of amides is 2. The predicted octanol–water partition coefficient (Wildman–Crippen LogP) is 1.66. The molecule has 3 heterocycles. The molecule has 162 valence electrons. The van der Waals surface area contributed by atoms with E-state index >= 15 is 0 Å². The van der Waals surface area contributed by atoms with Crippen LogP contribution in [0.1, 0.15) is 51.2 Å². The Hall–Kier alpha value is -3.20. The normalized spacial score (nSPS) is 24.0. The summed E-state index contributed by atoms with van der Waals surface area (Å²) in [4.78, 5) is 40.0. The van der Waals surface area contributed by atoms with Gasteiger partial charge in [0.05, 0.1) is 12.6 Å². The molecule has 31 heavy (non-hydrogen) atoms. The van der Waals surface area contributed by atoms with E-state index < -0.39 is 35.0 Å². The maximum absolute atomic E-state index is 14.0. The lowest BCUT2D eigenvalue weighted by molar-refractivity contribution is -0.132. The van der Waals surface area contributed by atoms with E-state index in [0.29, 0.717) is 0 Å². The Bertz CT molecular complexity index is 1160. The largest absolute Gasteiger partial charge is 0.503 e. The summed E-state index contributed by atoms with van der Waals surface area (Å²) in [5, 5.41) is 13.0. The molecule has 1 aliphatic carbocycles. The maximum atomic E-state index is 14.0. The summed E-state index contributed by atoms with van der Waals surface area (Å²) < 4.78 is 21.4. The quantitative estimate of drug-likeness (QED) is 0.776. The number of pyridine rings is 1. The molecule has 0 radical (unpaired) electrons. The number of nitrogens with zero attached hydrogens (tertiary/aromatic N) is 2. The zero-order chi connectivity index (χ0) is 21.9. The fourth-order valence-electron chi connectivity index (χ4n) is 4.78. The molecule has 1 saturated carbocycles. The molecule has 1 aromatic carbocycles. The van der Waals surface area contributed by atoms with Crippen LogP contribution >= 0.6 is 0 Å². The summed E-state index contributed by atoms with van der Waals surface area (Å²) in [7, 11) is 0. The summed E-state index contributed by atoms with van der Waals surface area (Å²) in [5.41, 5.74) is -0.340. The fourth-order valence-corrected chi connectivity index (χ4v) is 4.78. The van der Waals surface area contributed by atoms with Crippen LogP contribution in [0.3, 0.4) is 0 Å². The van der Waals surface area contributed by atoms with Crippen LogP contribution in [0.25, 0.3) is 0 Å². The van der Waals surface area contributed by atoms with Crippen LogP contribution in [0.2, 0.25) is 0 Å². The number of benzene rings is 1. The lowest BCUT2D eigenvalue weighted by Crippen LogP contribution is -2.57. The number of fused-ring (bicyclic) bond motifs is 5. The lowest BCUT2D eigenvalue weighted by Gasteiger charge is -2.44. The average molecular weight is 427 g/mol. The van der Waals surface area contributed by atoms with Crippen LogP contribution in [0.15, 0.2) is 29.2 Å². The number of aromatic nitrogens is 1. The molecule has 3 atom stereocenters. The van der Waals surface area contributed by atoms with E-state index in [-0.39, 0.29) is 42.1 Å². The molecule has 2 N–H and O–H groups in total. The number of nitrogens with one attached hydrogen (secondary N) is 1. The van der Waals surface area contributed by atoms with Gasteiger partial charge in [0.25, 0.3) is 11.8 Å². The Kier molecular flexibility index (Phi) is 4.58.